The number of sulfone groups is 1. The molecular weight excluding hydrogens is 328 g/mol. The molecule has 0 spiro atoms. The number of benzene rings is 1. The molecule has 24 heavy (non-hydrogen) atoms. The molecule has 6 nitrogen and oxygen atoms in total. The number of aryl methyl sites for hydroxylation is 1. The number of anilines is 1. The molecule has 0 unspecified atom stereocenters. The maximum absolute atomic E-state index is 12.3. The predicted molar refractivity (Wildman–Crippen MR) is 92.2 cm³/mol. The highest BCUT2D eigenvalue weighted by molar-refractivity contribution is 7.91. The minimum Gasteiger partial charge on any atom is -0.462 e. The molecule has 0 saturated carbocycles. The molecule has 2 heterocycles. The zero-order valence-electron chi connectivity index (χ0n) is 13.9. The van der Waals surface area contributed by atoms with E-state index in [1.807, 2.05) is 13.8 Å². The lowest BCUT2D eigenvalue weighted by Gasteiger charge is -2.18. The average Bonchev–Trinajstić information content (AvgIpc) is 2.82. The van der Waals surface area contributed by atoms with Gasteiger partial charge in [-0.15, -0.1) is 0 Å². The molecule has 128 valence electrons. The fourth-order valence-corrected chi connectivity index (χ4v) is 4.57. The van der Waals surface area contributed by atoms with Crippen LogP contribution in [0.4, 0.5) is 5.69 Å². The molecule has 7 heteroatoms. The largest absolute Gasteiger partial charge is 0.462 e. The Kier molecular flexibility index (Phi) is 4.21. The van der Waals surface area contributed by atoms with Crippen molar-refractivity contribution in [3.63, 3.8) is 0 Å². The third-order valence-electron chi connectivity index (χ3n) is 3.98. The number of nitrogens with zero attached hydrogens (tertiary/aromatic N) is 1. The van der Waals surface area contributed by atoms with Crippen LogP contribution in [-0.4, -0.2) is 37.8 Å². The lowest BCUT2D eigenvalue weighted by molar-refractivity contribution is 0.0527. The first-order chi connectivity index (χ1) is 11.3. The number of carbonyl (C=O) groups excluding carboxylic acids is 1. The van der Waals surface area contributed by atoms with Gasteiger partial charge in [0.2, 0.25) is 0 Å². The van der Waals surface area contributed by atoms with Gasteiger partial charge in [-0.25, -0.2) is 13.2 Å². The molecule has 0 fully saturated rings. The number of fused-ring (bicyclic) bond motifs is 3. The first-order valence-corrected chi connectivity index (χ1v) is 9.61. The average molecular weight is 348 g/mol. The lowest BCUT2D eigenvalue weighted by atomic mass is 10.0. The van der Waals surface area contributed by atoms with Gasteiger partial charge in [0.25, 0.3) is 0 Å². The molecular formula is C17H20N2O4S. The van der Waals surface area contributed by atoms with Crippen LogP contribution in [0, 0.1) is 0 Å². The van der Waals surface area contributed by atoms with Gasteiger partial charge in [0, 0.05) is 17.6 Å². The van der Waals surface area contributed by atoms with Crippen LogP contribution in [0.15, 0.2) is 23.2 Å². The number of pyridine rings is 1. The van der Waals surface area contributed by atoms with Crippen LogP contribution in [0.5, 0.6) is 0 Å². The summed E-state index contributed by atoms with van der Waals surface area (Å²) in [4.78, 5) is 17.0. The molecule has 1 aliphatic rings. The minimum atomic E-state index is -3.26. The van der Waals surface area contributed by atoms with Crippen molar-refractivity contribution < 1.29 is 17.9 Å². The van der Waals surface area contributed by atoms with Crippen LogP contribution >= 0.6 is 0 Å². The van der Waals surface area contributed by atoms with Crippen molar-refractivity contribution in [1.82, 2.24) is 4.98 Å². The Hall–Kier alpha value is -2.15. The molecule has 2 aromatic rings. The Morgan fingerprint density at radius 2 is 2.12 bits per heavy atom. The van der Waals surface area contributed by atoms with E-state index in [0.29, 0.717) is 33.5 Å². The van der Waals surface area contributed by atoms with E-state index < -0.39 is 15.8 Å². The monoisotopic (exact) mass is 348 g/mol. The fourth-order valence-electron chi connectivity index (χ4n) is 3.02. The number of esters is 1. The van der Waals surface area contributed by atoms with Crippen molar-refractivity contribution in [3.05, 3.63) is 29.5 Å². The summed E-state index contributed by atoms with van der Waals surface area (Å²) in [6.07, 6.45) is 1.91. The summed E-state index contributed by atoms with van der Waals surface area (Å²) in [6.45, 7) is 5.92. The maximum Gasteiger partial charge on any atom is 0.341 e. The van der Waals surface area contributed by atoms with E-state index in [1.54, 1.807) is 19.1 Å². The Bertz CT molecular complexity index is 920. The Labute approximate surface area is 141 Å². The van der Waals surface area contributed by atoms with Gasteiger partial charge in [-0.2, -0.15) is 0 Å². The third-order valence-corrected chi connectivity index (χ3v) is 5.78. The van der Waals surface area contributed by atoms with Gasteiger partial charge in [-0.1, -0.05) is 0 Å². The van der Waals surface area contributed by atoms with Crippen molar-refractivity contribution in [2.45, 2.75) is 38.1 Å². The van der Waals surface area contributed by atoms with Crippen LogP contribution in [0.2, 0.25) is 0 Å². The molecule has 1 aromatic heterocycles. The highest BCUT2D eigenvalue weighted by atomic mass is 32.2. The summed E-state index contributed by atoms with van der Waals surface area (Å²) >= 11 is 0. The van der Waals surface area contributed by atoms with Gasteiger partial charge in [-0.05, 0) is 44.9 Å². The van der Waals surface area contributed by atoms with E-state index in [-0.39, 0.29) is 18.4 Å². The van der Waals surface area contributed by atoms with Gasteiger partial charge in [0.15, 0.2) is 9.84 Å². The van der Waals surface area contributed by atoms with E-state index in [1.165, 1.54) is 6.20 Å². The Morgan fingerprint density at radius 1 is 1.38 bits per heavy atom. The van der Waals surface area contributed by atoms with Gasteiger partial charge >= 0.3 is 5.97 Å². The van der Waals surface area contributed by atoms with Crippen LogP contribution < -0.4 is 5.32 Å². The van der Waals surface area contributed by atoms with E-state index in [4.69, 9.17) is 4.74 Å². The number of ether oxygens (including phenoxy) is 1. The van der Waals surface area contributed by atoms with Crippen molar-refractivity contribution in [2.75, 3.05) is 17.7 Å². The van der Waals surface area contributed by atoms with Crippen molar-refractivity contribution in [3.8, 4) is 0 Å². The van der Waals surface area contributed by atoms with Crippen LogP contribution in [0.3, 0.4) is 0 Å². The van der Waals surface area contributed by atoms with Crippen LogP contribution in [0.25, 0.3) is 10.9 Å². The normalized spacial score (nSPS) is 15.5. The number of carbonyl (C=O) groups is 1. The van der Waals surface area contributed by atoms with E-state index in [0.717, 1.165) is 5.56 Å². The molecule has 1 aliphatic heterocycles. The van der Waals surface area contributed by atoms with Crippen LogP contribution in [0.1, 0.15) is 36.7 Å². The molecule has 0 amide bonds. The quantitative estimate of drug-likeness (QED) is 0.855. The highest BCUT2D eigenvalue weighted by Gasteiger charge is 2.30. The predicted octanol–water partition coefficient (Wildman–Crippen LogP) is 2.56. The number of aromatic nitrogens is 1. The molecule has 1 N–H and O–H groups in total. The second-order valence-electron chi connectivity index (χ2n) is 6.07. The van der Waals surface area contributed by atoms with Gasteiger partial charge in [-0.3, -0.25) is 4.98 Å². The summed E-state index contributed by atoms with van der Waals surface area (Å²) in [5.74, 6) is -0.375. The lowest BCUT2D eigenvalue weighted by Crippen LogP contribution is -2.16. The molecule has 0 atom stereocenters. The van der Waals surface area contributed by atoms with Gasteiger partial charge in [0.1, 0.15) is 5.56 Å². The summed E-state index contributed by atoms with van der Waals surface area (Å²) in [7, 11) is -3.26. The molecule has 3 rings (SSSR count). The number of hydrogen-bond acceptors (Lipinski definition) is 6. The minimum absolute atomic E-state index is 0.0673. The number of nitrogens with one attached hydrogen (secondary N) is 1. The smallest absolute Gasteiger partial charge is 0.341 e. The highest BCUT2D eigenvalue weighted by Crippen LogP contribution is 2.37. The first kappa shape index (κ1) is 16.7. The molecule has 0 radical (unpaired) electrons. The number of rotatable bonds is 4. The standard InChI is InChI=1S/C17H20N2O4S/c1-4-23-17(20)12-9-18-13-5-6-14-11(7-8-24(14,21)22)15(13)16(12)19-10(2)3/h5-6,9-10H,4,7-8H2,1-3H3,(H,18,19). The Morgan fingerprint density at radius 3 is 2.79 bits per heavy atom. The molecule has 0 aliphatic carbocycles. The van der Waals surface area contributed by atoms with Gasteiger partial charge < -0.3 is 10.1 Å². The second-order valence-corrected chi connectivity index (χ2v) is 8.15. The van der Waals surface area contributed by atoms with Crippen LogP contribution in [-0.2, 0) is 21.0 Å². The molecule has 0 saturated heterocycles. The van der Waals surface area contributed by atoms with E-state index >= 15 is 0 Å². The number of hydrogen-bond donors (Lipinski definition) is 1. The van der Waals surface area contributed by atoms with E-state index in [2.05, 4.69) is 10.3 Å². The van der Waals surface area contributed by atoms with Crippen molar-refractivity contribution in [1.29, 1.82) is 0 Å². The van der Waals surface area contributed by atoms with E-state index in [9.17, 15) is 13.2 Å². The zero-order chi connectivity index (χ0) is 17.5. The molecule has 1 aromatic carbocycles. The van der Waals surface area contributed by atoms with Crippen molar-refractivity contribution in [2.24, 2.45) is 0 Å². The SMILES string of the molecule is CCOC(=O)c1cnc2ccc3c(c2c1NC(C)C)CCS3(=O)=O. The summed E-state index contributed by atoms with van der Waals surface area (Å²) in [5.41, 5.74) is 2.33. The van der Waals surface area contributed by atoms with Gasteiger partial charge in [0.05, 0.1) is 28.5 Å². The Balaban J connectivity index is 2.34. The first-order valence-electron chi connectivity index (χ1n) is 7.96. The maximum atomic E-state index is 12.3. The van der Waals surface area contributed by atoms with Crippen molar-refractivity contribution >= 4 is 32.4 Å². The second kappa shape index (κ2) is 6.05. The fraction of sp³-hybridized carbons (Fsp3) is 0.412. The topological polar surface area (TPSA) is 85.4 Å². The molecule has 0 bridgehead atoms. The summed E-state index contributed by atoms with van der Waals surface area (Å²) < 4.78 is 29.6. The third kappa shape index (κ3) is 2.73. The zero-order valence-corrected chi connectivity index (χ0v) is 14.7. The summed E-state index contributed by atoms with van der Waals surface area (Å²) in [5, 5.41) is 3.98. The summed E-state index contributed by atoms with van der Waals surface area (Å²) in [6, 6.07) is 3.37.